The van der Waals surface area contributed by atoms with Gasteiger partial charge < -0.3 is 10.2 Å². The van der Waals surface area contributed by atoms with E-state index in [1.165, 1.54) is 44.3 Å². The number of nitrogens with zero attached hydrogens (tertiary/aromatic N) is 1. The van der Waals surface area contributed by atoms with Crippen molar-refractivity contribution in [3.63, 3.8) is 0 Å². The van der Waals surface area contributed by atoms with Crippen molar-refractivity contribution in [2.45, 2.75) is 57.4 Å². The van der Waals surface area contributed by atoms with E-state index in [0.717, 1.165) is 24.8 Å². The molecule has 1 saturated heterocycles. The molecule has 3 unspecified atom stereocenters. The highest BCUT2D eigenvalue weighted by Crippen LogP contribution is 2.47. The van der Waals surface area contributed by atoms with Gasteiger partial charge in [-0.2, -0.15) is 0 Å². The third kappa shape index (κ3) is 3.09. The van der Waals surface area contributed by atoms with Crippen LogP contribution in [0.5, 0.6) is 0 Å². The van der Waals surface area contributed by atoms with E-state index in [1.54, 1.807) is 0 Å². The molecule has 3 atom stereocenters. The van der Waals surface area contributed by atoms with Crippen molar-refractivity contribution in [1.82, 2.24) is 4.90 Å². The summed E-state index contributed by atoms with van der Waals surface area (Å²) in [6.07, 6.45) is 7.98. The monoisotopic (exact) mass is 276 g/mol. The molecule has 3 rings (SSSR count). The van der Waals surface area contributed by atoms with Crippen molar-refractivity contribution in [3.05, 3.63) is 23.7 Å². The second kappa shape index (κ2) is 6.31. The first-order chi connectivity index (χ1) is 9.79. The van der Waals surface area contributed by atoms with Crippen LogP contribution in [0, 0.1) is 5.92 Å². The van der Waals surface area contributed by atoms with E-state index in [0.29, 0.717) is 12.5 Å². The molecule has 0 bridgehead atoms. The second-order valence-electron chi connectivity index (χ2n) is 6.61. The summed E-state index contributed by atoms with van der Waals surface area (Å²) >= 11 is 0. The van der Waals surface area contributed by atoms with Gasteiger partial charge in [-0.3, -0.25) is 4.90 Å². The van der Waals surface area contributed by atoms with Crippen molar-refractivity contribution in [3.8, 4) is 0 Å². The normalized spacial score (nSPS) is 29.7. The number of hydrogen-bond acceptors (Lipinski definition) is 3. The topological polar surface area (TPSA) is 42.4 Å². The van der Waals surface area contributed by atoms with Gasteiger partial charge in [-0.1, -0.05) is 26.2 Å². The minimum atomic E-state index is 0.274. The molecule has 1 aromatic heterocycles. The largest absolute Gasteiger partial charge is 0.464 e. The van der Waals surface area contributed by atoms with Crippen molar-refractivity contribution in [2.75, 3.05) is 19.6 Å². The average Bonchev–Trinajstić information content (AvgIpc) is 2.96. The van der Waals surface area contributed by atoms with Crippen molar-refractivity contribution < 1.29 is 4.42 Å². The van der Waals surface area contributed by atoms with Crippen molar-refractivity contribution >= 4 is 0 Å². The molecule has 1 saturated carbocycles. The van der Waals surface area contributed by atoms with Crippen LogP contribution in [0.4, 0.5) is 0 Å². The average molecular weight is 276 g/mol. The predicted molar refractivity (Wildman–Crippen MR) is 81.7 cm³/mol. The fraction of sp³-hybridized carbons (Fsp3) is 0.765. The van der Waals surface area contributed by atoms with E-state index in [1.807, 2.05) is 0 Å². The maximum atomic E-state index is 6.13. The maximum Gasteiger partial charge on any atom is 0.122 e. The van der Waals surface area contributed by atoms with Gasteiger partial charge in [0.25, 0.3) is 0 Å². The summed E-state index contributed by atoms with van der Waals surface area (Å²) in [7, 11) is 0. The van der Waals surface area contributed by atoms with Crippen LogP contribution in [0.3, 0.4) is 0 Å². The highest BCUT2D eigenvalue weighted by molar-refractivity contribution is 5.19. The van der Waals surface area contributed by atoms with E-state index < -0.39 is 0 Å². The molecule has 1 aliphatic carbocycles. The minimum absolute atomic E-state index is 0.274. The minimum Gasteiger partial charge on any atom is -0.464 e. The lowest BCUT2D eigenvalue weighted by Gasteiger charge is -2.31. The third-order valence-electron chi connectivity index (χ3n) is 5.01. The Balaban J connectivity index is 1.69. The third-order valence-corrected chi connectivity index (χ3v) is 5.01. The van der Waals surface area contributed by atoms with Crippen LogP contribution in [0.1, 0.15) is 68.9 Å². The van der Waals surface area contributed by atoms with Gasteiger partial charge in [-0.25, -0.2) is 0 Å². The molecule has 0 radical (unpaired) electrons. The Hall–Kier alpha value is -0.800. The lowest BCUT2D eigenvalue weighted by Crippen LogP contribution is -2.35. The van der Waals surface area contributed by atoms with Crippen LogP contribution in [0.2, 0.25) is 0 Å². The smallest absolute Gasteiger partial charge is 0.122 e. The van der Waals surface area contributed by atoms with Gasteiger partial charge in [-0.05, 0) is 50.4 Å². The molecule has 2 N–H and O–H groups in total. The summed E-state index contributed by atoms with van der Waals surface area (Å²) in [6.45, 7) is 5.29. The molecular weight excluding hydrogens is 248 g/mol. The Kier molecular flexibility index (Phi) is 4.47. The Morgan fingerprint density at radius 3 is 2.45 bits per heavy atom. The van der Waals surface area contributed by atoms with Crippen LogP contribution in [-0.2, 0) is 0 Å². The van der Waals surface area contributed by atoms with Crippen LogP contribution >= 0.6 is 0 Å². The second-order valence-corrected chi connectivity index (χ2v) is 6.61. The zero-order valence-electron chi connectivity index (χ0n) is 12.7. The molecule has 2 aliphatic rings. The molecule has 3 nitrogen and oxygen atoms in total. The summed E-state index contributed by atoms with van der Waals surface area (Å²) in [5.74, 6) is 3.72. The molecule has 0 aromatic carbocycles. The number of nitrogens with two attached hydrogens (primary N) is 1. The molecule has 1 aliphatic heterocycles. The molecule has 2 heterocycles. The summed E-state index contributed by atoms with van der Waals surface area (Å²) in [4.78, 5) is 2.54. The van der Waals surface area contributed by atoms with Crippen molar-refractivity contribution in [2.24, 2.45) is 11.7 Å². The Bertz CT molecular complexity index is 420. The van der Waals surface area contributed by atoms with Gasteiger partial charge in [0.2, 0.25) is 0 Å². The van der Waals surface area contributed by atoms with Gasteiger partial charge in [0.1, 0.15) is 11.5 Å². The molecule has 3 heteroatoms. The van der Waals surface area contributed by atoms with Crippen LogP contribution in [0.25, 0.3) is 0 Å². The van der Waals surface area contributed by atoms with Crippen molar-refractivity contribution in [1.29, 1.82) is 0 Å². The van der Waals surface area contributed by atoms with E-state index in [4.69, 9.17) is 10.2 Å². The standard InChI is InChI=1S/C17H28N2O/c1-13-11-14(13)16-7-8-17(20-16)15(12-18)19-9-5-3-2-4-6-10-19/h7-8,13-15H,2-6,9-12,18H2,1H3. The first-order valence-electron chi connectivity index (χ1n) is 8.33. The number of furan rings is 1. The maximum absolute atomic E-state index is 6.13. The molecule has 112 valence electrons. The number of rotatable bonds is 4. The van der Waals surface area contributed by atoms with Gasteiger partial charge in [0.05, 0.1) is 6.04 Å². The van der Waals surface area contributed by atoms with Gasteiger partial charge >= 0.3 is 0 Å². The molecule has 0 amide bonds. The molecule has 20 heavy (non-hydrogen) atoms. The van der Waals surface area contributed by atoms with Gasteiger partial charge in [0, 0.05) is 12.5 Å². The highest BCUT2D eigenvalue weighted by Gasteiger charge is 2.37. The zero-order chi connectivity index (χ0) is 13.9. The van der Waals surface area contributed by atoms with Gasteiger partial charge in [-0.15, -0.1) is 0 Å². The quantitative estimate of drug-likeness (QED) is 0.912. The van der Waals surface area contributed by atoms with Crippen LogP contribution in [-0.4, -0.2) is 24.5 Å². The van der Waals surface area contributed by atoms with Crippen LogP contribution in [0.15, 0.2) is 16.5 Å². The lowest BCUT2D eigenvalue weighted by atomic mass is 10.1. The Morgan fingerprint density at radius 2 is 1.85 bits per heavy atom. The molecule has 1 aromatic rings. The van der Waals surface area contributed by atoms with Crippen LogP contribution < -0.4 is 5.73 Å². The Morgan fingerprint density at radius 1 is 1.20 bits per heavy atom. The van der Waals surface area contributed by atoms with E-state index in [2.05, 4.69) is 24.0 Å². The fourth-order valence-electron chi connectivity index (χ4n) is 3.49. The first-order valence-corrected chi connectivity index (χ1v) is 8.33. The summed E-state index contributed by atoms with van der Waals surface area (Å²) in [6, 6.07) is 4.61. The summed E-state index contributed by atoms with van der Waals surface area (Å²) in [5, 5.41) is 0. The fourth-order valence-corrected chi connectivity index (χ4v) is 3.49. The lowest BCUT2D eigenvalue weighted by molar-refractivity contribution is 0.163. The van der Waals surface area contributed by atoms with Gasteiger partial charge in [0.15, 0.2) is 0 Å². The summed E-state index contributed by atoms with van der Waals surface area (Å²) < 4.78 is 6.13. The molecule has 2 fully saturated rings. The first kappa shape index (κ1) is 14.2. The highest BCUT2D eigenvalue weighted by atomic mass is 16.3. The number of likely N-dealkylation sites (tertiary alicyclic amines) is 1. The van der Waals surface area contributed by atoms with E-state index >= 15 is 0 Å². The Labute approximate surface area is 122 Å². The summed E-state index contributed by atoms with van der Waals surface area (Å²) in [5.41, 5.74) is 6.05. The SMILES string of the molecule is CC1CC1c1ccc(C(CN)N2CCCCCCC2)o1. The van der Waals surface area contributed by atoms with E-state index in [9.17, 15) is 0 Å². The predicted octanol–water partition coefficient (Wildman–Crippen LogP) is 3.67. The van der Waals surface area contributed by atoms with E-state index in [-0.39, 0.29) is 6.04 Å². The number of hydrogen-bond donors (Lipinski definition) is 1. The molecule has 0 spiro atoms. The molecular formula is C17H28N2O. The zero-order valence-corrected chi connectivity index (χ0v) is 12.7.